The van der Waals surface area contributed by atoms with Gasteiger partial charge in [-0.25, -0.2) is 17.5 Å². The number of aliphatic hydroxyl groups is 1. The molecule has 1 aromatic carbocycles. The van der Waals surface area contributed by atoms with Crippen molar-refractivity contribution >= 4 is 10.0 Å². The van der Waals surface area contributed by atoms with E-state index in [1.165, 1.54) is 13.0 Å². The van der Waals surface area contributed by atoms with Crippen LogP contribution in [0.2, 0.25) is 0 Å². The SMILES string of the molecule is Cc1c(F)cc(CO)cc1S(=O)(=O)NC1(C)CCOC1C. The highest BCUT2D eigenvalue weighted by atomic mass is 32.2. The summed E-state index contributed by atoms with van der Waals surface area (Å²) in [7, 11) is -3.90. The molecule has 1 saturated heterocycles. The summed E-state index contributed by atoms with van der Waals surface area (Å²) in [4.78, 5) is -0.146. The zero-order chi connectivity index (χ0) is 15.8. The Morgan fingerprint density at radius 2 is 2.19 bits per heavy atom. The average molecular weight is 317 g/mol. The Balaban J connectivity index is 2.43. The maximum Gasteiger partial charge on any atom is 0.241 e. The van der Waals surface area contributed by atoms with Crippen LogP contribution in [0.25, 0.3) is 0 Å². The highest BCUT2D eigenvalue weighted by molar-refractivity contribution is 7.89. The first-order valence-corrected chi connectivity index (χ1v) is 8.23. The van der Waals surface area contributed by atoms with Crippen molar-refractivity contribution in [2.75, 3.05) is 6.61 Å². The van der Waals surface area contributed by atoms with E-state index >= 15 is 0 Å². The monoisotopic (exact) mass is 317 g/mol. The van der Waals surface area contributed by atoms with Crippen LogP contribution in [0.3, 0.4) is 0 Å². The minimum absolute atomic E-state index is 0.0369. The van der Waals surface area contributed by atoms with Crippen molar-refractivity contribution in [1.29, 1.82) is 0 Å². The van der Waals surface area contributed by atoms with Crippen LogP contribution in [-0.2, 0) is 21.4 Å². The van der Waals surface area contributed by atoms with Crippen molar-refractivity contribution < 1.29 is 22.7 Å². The molecule has 2 unspecified atom stereocenters. The molecule has 1 aliphatic heterocycles. The number of benzene rings is 1. The normalized spacial score (nSPS) is 26.2. The van der Waals surface area contributed by atoms with Gasteiger partial charge in [0, 0.05) is 12.2 Å². The fourth-order valence-corrected chi connectivity index (χ4v) is 4.21. The molecule has 2 rings (SSSR count). The lowest BCUT2D eigenvalue weighted by atomic mass is 9.97. The molecule has 21 heavy (non-hydrogen) atoms. The van der Waals surface area contributed by atoms with Gasteiger partial charge in [0.15, 0.2) is 0 Å². The Bertz CT molecular complexity index is 647. The van der Waals surface area contributed by atoms with Gasteiger partial charge < -0.3 is 9.84 Å². The number of hydrogen-bond donors (Lipinski definition) is 2. The summed E-state index contributed by atoms with van der Waals surface area (Å²) in [6, 6.07) is 2.43. The first-order chi connectivity index (χ1) is 9.69. The number of sulfonamides is 1. The molecule has 0 aromatic heterocycles. The van der Waals surface area contributed by atoms with Crippen LogP contribution in [0.5, 0.6) is 0 Å². The minimum atomic E-state index is -3.90. The smallest absolute Gasteiger partial charge is 0.241 e. The van der Waals surface area contributed by atoms with Gasteiger partial charge in [-0.05, 0) is 44.9 Å². The summed E-state index contributed by atoms with van der Waals surface area (Å²) in [6.45, 7) is 5.03. The number of rotatable bonds is 4. The molecule has 0 aliphatic carbocycles. The second-order valence-electron chi connectivity index (χ2n) is 5.64. The summed E-state index contributed by atoms with van der Waals surface area (Å²) in [6.07, 6.45) is 0.285. The number of ether oxygens (including phenoxy) is 1. The highest BCUT2D eigenvalue weighted by Gasteiger charge is 2.41. The second kappa shape index (κ2) is 5.64. The third-order valence-corrected chi connectivity index (χ3v) is 5.82. The molecule has 7 heteroatoms. The van der Waals surface area contributed by atoms with Crippen LogP contribution in [-0.4, -0.2) is 31.8 Å². The van der Waals surface area contributed by atoms with E-state index in [2.05, 4.69) is 4.72 Å². The molecule has 1 heterocycles. The number of aliphatic hydroxyl groups excluding tert-OH is 1. The summed E-state index contributed by atoms with van der Waals surface area (Å²) in [5.41, 5.74) is -0.467. The van der Waals surface area contributed by atoms with Crippen molar-refractivity contribution in [1.82, 2.24) is 4.72 Å². The van der Waals surface area contributed by atoms with Gasteiger partial charge in [-0.3, -0.25) is 0 Å². The molecule has 0 amide bonds. The summed E-state index contributed by atoms with van der Waals surface area (Å²) < 4.78 is 47.0. The average Bonchev–Trinajstić information content (AvgIpc) is 2.71. The van der Waals surface area contributed by atoms with Gasteiger partial charge in [-0.1, -0.05) is 0 Å². The highest BCUT2D eigenvalue weighted by Crippen LogP contribution is 2.29. The van der Waals surface area contributed by atoms with Crippen molar-refractivity contribution in [3.05, 3.63) is 29.1 Å². The molecule has 2 atom stereocenters. The van der Waals surface area contributed by atoms with Crippen molar-refractivity contribution in [2.45, 2.75) is 50.3 Å². The summed E-state index contributed by atoms with van der Waals surface area (Å²) in [5, 5.41) is 9.12. The molecule has 1 fully saturated rings. The predicted molar refractivity (Wildman–Crippen MR) is 75.8 cm³/mol. The number of halogens is 1. The van der Waals surface area contributed by atoms with Crippen LogP contribution in [0.15, 0.2) is 17.0 Å². The van der Waals surface area contributed by atoms with Crippen LogP contribution in [0, 0.1) is 12.7 Å². The maximum atomic E-state index is 13.8. The van der Waals surface area contributed by atoms with E-state index in [-0.39, 0.29) is 22.1 Å². The van der Waals surface area contributed by atoms with E-state index in [1.807, 2.05) is 0 Å². The lowest BCUT2D eigenvalue weighted by Gasteiger charge is -2.28. The fourth-order valence-electron chi connectivity index (χ4n) is 2.41. The Morgan fingerprint density at radius 3 is 2.71 bits per heavy atom. The van der Waals surface area contributed by atoms with E-state index in [4.69, 9.17) is 9.84 Å². The summed E-state index contributed by atoms with van der Waals surface area (Å²) >= 11 is 0. The minimum Gasteiger partial charge on any atom is -0.392 e. The molecule has 5 nitrogen and oxygen atoms in total. The van der Waals surface area contributed by atoms with E-state index < -0.39 is 28.0 Å². The van der Waals surface area contributed by atoms with E-state index in [9.17, 15) is 12.8 Å². The van der Waals surface area contributed by atoms with Gasteiger partial charge in [0.2, 0.25) is 10.0 Å². The largest absolute Gasteiger partial charge is 0.392 e. The zero-order valence-corrected chi connectivity index (χ0v) is 13.1. The van der Waals surface area contributed by atoms with Gasteiger partial charge in [0.05, 0.1) is 23.1 Å². The van der Waals surface area contributed by atoms with E-state index in [0.29, 0.717) is 13.0 Å². The molecule has 1 aromatic rings. The van der Waals surface area contributed by atoms with E-state index in [1.54, 1.807) is 13.8 Å². The Hall–Kier alpha value is -1.02. The molecule has 1 aliphatic rings. The topological polar surface area (TPSA) is 75.6 Å². The quantitative estimate of drug-likeness (QED) is 0.882. The lowest BCUT2D eigenvalue weighted by molar-refractivity contribution is 0.0957. The molecule has 2 N–H and O–H groups in total. The molecule has 0 radical (unpaired) electrons. The predicted octanol–water partition coefficient (Wildman–Crippen LogP) is 1.47. The molecule has 118 valence electrons. The van der Waals surface area contributed by atoms with Crippen molar-refractivity contribution in [2.24, 2.45) is 0 Å². The second-order valence-corrected chi connectivity index (χ2v) is 7.30. The number of hydrogen-bond acceptors (Lipinski definition) is 4. The molecular formula is C14H20FNO4S. The third-order valence-electron chi connectivity index (χ3n) is 4.08. The first kappa shape index (κ1) is 16.4. The van der Waals surface area contributed by atoms with Crippen LogP contribution in [0.4, 0.5) is 4.39 Å². The van der Waals surface area contributed by atoms with Gasteiger partial charge in [0.25, 0.3) is 0 Å². The van der Waals surface area contributed by atoms with Crippen molar-refractivity contribution in [3.8, 4) is 0 Å². The Labute approximate surface area is 124 Å². The molecular weight excluding hydrogens is 297 g/mol. The van der Waals surface area contributed by atoms with Crippen molar-refractivity contribution in [3.63, 3.8) is 0 Å². The van der Waals surface area contributed by atoms with Crippen LogP contribution in [0.1, 0.15) is 31.4 Å². The molecule has 0 spiro atoms. The Kier molecular flexibility index (Phi) is 4.39. The Morgan fingerprint density at radius 1 is 1.52 bits per heavy atom. The molecule has 0 saturated carbocycles. The van der Waals surface area contributed by atoms with Gasteiger partial charge >= 0.3 is 0 Å². The van der Waals surface area contributed by atoms with Gasteiger partial charge in [-0.15, -0.1) is 0 Å². The molecule has 0 bridgehead atoms. The standard InChI is InChI=1S/C14H20FNO4S/c1-9-12(15)6-11(8-17)7-13(9)21(18,19)16-14(3)4-5-20-10(14)2/h6-7,10,16-17H,4-5,8H2,1-3H3. The van der Waals surface area contributed by atoms with Crippen LogP contribution < -0.4 is 4.72 Å². The summed E-state index contributed by atoms with van der Waals surface area (Å²) in [5.74, 6) is -0.650. The first-order valence-electron chi connectivity index (χ1n) is 6.75. The maximum absolute atomic E-state index is 13.8. The van der Waals surface area contributed by atoms with Gasteiger partial charge in [-0.2, -0.15) is 0 Å². The number of nitrogens with one attached hydrogen (secondary N) is 1. The fraction of sp³-hybridized carbons (Fsp3) is 0.571. The van der Waals surface area contributed by atoms with Crippen LogP contribution >= 0.6 is 0 Å². The third kappa shape index (κ3) is 3.11. The van der Waals surface area contributed by atoms with E-state index in [0.717, 1.165) is 6.07 Å². The lowest BCUT2D eigenvalue weighted by Crippen LogP contribution is -2.50. The zero-order valence-electron chi connectivity index (χ0n) is 12.3. The van der Waals surface area contributed by atoms with Gasteiger partial charge in [0.1, 0.15) is 5.82 Å².